The second kappa shape index (κ2) is 37.9. The van der Waals surface area contributed by atoms with Crippen LogP contribution in [0.5, 0.6) is 0 Å². The van der Waals surface area contributed by atoms with Crippen LogP contribution in [0.1, 0.15) is 200 Å². The number of ether oxygens (including phenoxy) is 4. The molecule has 0 bridgehead atoms. The van der Waals surface area contributed by atoms with Crippen molar-refractivity contribution in [1.29, 1.82) is 0 Å². The maximum atomic E-state index is 12.7. The maximum Gasteiger partial charge on any atom is 0.361 e. The van der Waals surface area contributed by atoms with Gasteiger partial charge in [-0.25, -0.2) is 4.79 Å². The molecule has 0 spiro atoms. The SMILES string of the molecule is CCC/C=C\CCCCCCCC(=O)OC(COC(=O)CCCCCCCCCCCCCCCCCCCCC)COC(OCC[N+](C)(C)C)C(=O)O. The quantitative estimate of drug-likeness (QED) is 0.0215. The van der Waals surface area contributed by atoms with Crippen molar-refractivity contribution in [3.63, 3.8) is 0 Å². The van der Waals surface area contributed by atoms with Gasteiger partial charge in [-0.3, -0.25) is 9.59 Å². The van der Waals surface area contributed by atoms with E-state index in [-0.39, 0.29) is 32.2 Å². The lowest BCUT2D eigenvalue weighted by Gasteiger charge is -2.25. The Kier molecular flexibility index (Phi) is 36.5. The summed E-state index contributed by atoms with van der Waals surface area (Å²) in [6.45, 7) is 4.81. The highest BCUT2D eigenvalue weighted by Crippen LogP contribution is 2.16. The molecule has 2 unspecified atom stereocenters. The van der Waals surface area contributed by atoms with Gasteiger partial charge >= 0.3 is 17.9 Å². The number of nitrogens with zero attached hydrogens (tertiary/aromatic N) is 1. The van der Waals surface area contributed by atoms with Crippen LogP contribution < -0.4 is 0 Å². The van der Waals surface area contributed by atoms with Gasteiger partial charge in [0.15, 0.2) is 6.10 Å². The van der Waals surface area contributed by atoms with E-state index in [9.17, 15) is 19.5 Å². The molecule has 0 radical (unpaired) electrons. The molecule has 0 amide bonds. The zero-order valence-corrected chi connectivity index (χ0v) is 35.9. The van der Waals surface area contributed by atoms with E-state index in [4.69, 9.17) is 18.9 Å². The number of rotatable bonds is 41. The van der Waals surface area contributed by atoms with E-state index < -0.39 is 24.3 Å². The third kappa shape index (κ3) is 38.3. The predicted molar refractivity (Wildman–Crippen MR) is 221 cm³/mol. The van der Waals surface area contributed by atoms with Crippen LogP contribution in [0.2, 0.25) is 0 Å². The van der Waals surface area contributed by atoms with E-state index in [0.717, 1.165) is 57.8 Å². The third-order valence-electron chi connectivity index (χ3n) is 9.75. The number of carboxylic acids is 1. The molecular weight excluding hydrogens is 682 g/mol. The summed E-state index contributed by atoms with van der Waals surface area (Å²) in [5.74, 6) is -2.01. The van der Waals surface area contributed by atoms with Crippen LogP contribution in [0.4, 0.5) is 0 Å². The summed E-state index contributed by atoms with van der Waals surface area (Å²) in [6.07, 6.45) is 35.6. The molecule has 0 aromatic rings. The summed E-state index contributed by atoms with van der Waals surface area (Å²) in [4.78, 5) is 37.0. The van der Waals surface area contributed by atoms with E-state index in [1.807, 2.05) is 21.1 Å². The van der Waals surface area contributed by atoms with Gasteiger partial charge < -0.3 is 28.5 Å². The van der Waals surface area contributed by atoms with Gasteiger partial charge in [0, 0.05) is 12.8 Å². The second-order valence-electron chi connectivity index (χ2n) is 16.4. The number of quaternary nitrogens is 1. The molecule has 9 heteroatoms. The summed E-state index contributed by atoms with van der Waals surface area (Å²) in [7, 11) is 5.95. The highest BCUT2D eigenvalue weighted by molar-refractivity contribution is 5.71. The first kappa shape index (κ1) is 52.0. The minimum Gasteiger partial charge on any atom is -0.477 e. The fraction of sp³-hybridized carbons (Fsp3) is 0.889. The lowest BCUT2D eigenvalue weighted by molar-refractivity contribution is -0.870. The number of carbonyl (C=O) groups excluding carboxylic acids is 2. The van der Waals surface area contributed by atoms with E-state index in [2.05, 4.69) is 26.0 Å². The molecule has 54 heavy (non-hydrogen) atoms. The third-order valence-corrected chi connectivity index (χ3v) is 9.75. The minimum atomic E-state index is -1.50. The lowest BCUT2D eigenvalue weighted by atomic mass is 10.0. The fourth-order valence-electron chi connectivity index (χ4n) is 6.25. The molecule has 0 rings (SSSR count). The van der Waals surface area contributed by atoms with Crippen LogP contribution >= 0.6 is 0 Å². The largest absolute Gasteiger partial charge is 0.477 e. The second-order valence-corrected chi connectivity index (χ2v) is 16.4. The van der Waals surface area contributed by atoms with E-state index >= 15 is 0 Å². The molecule has 0 aliphatic carbocycles. The monoisotopic (exact) mass is 769 g/mol. The Morgan fingerprint density at radius 3 is 1.44 bits per heavy atom. The fourth-order valence-corrected chi connectivity index (χ4v) is 6.25. The normalized spacial score (nSPS) is 13.0. The van der Waals surface area contributed by atoms with Crippen LogP contribution in [-0.4, -0.2) is 87.4 Å². The van der Waals surface area contributed by atoms with Crippen molar-refractivity contribution in [3.8, 4) is 0 Å². The molecule has 0 heterocycles. The zero-order chi connectivity index (χ0) is 40.0. The predicted octanol–water partition coefficient (Wildman–Crippen LogP) is 11.5. The van der Waals surface area contributed by atoms with Gasteiger partial charge in [-0.15, -0.1) is 0 Å². The molecule has 0 saturated heterocycles. The summed E-state index contributed by atoms with van der Waals surface area (Å²) in [5, 5.41) is 9.61. The Balaban J connectivity index is 4.31. The Morgan fingerprint density at radius 2 is 0.981 bits per heavy atom. The lowest BCUT2D eigenvalue weighted by Crippen LogP contribution is -2.40. The molecule has 2 atom stereocenters. The van der Waals surface area contributed by atoms with E-state index in [0.29, 0.717) is 23.9 Å². The van der Waals surface area contributed by atoms with Crippen LogP contribution in [0.3, 0.4) is 0 Å². The summed E-state index contributed by atoms with van der Waals surface area (Å²) < 4.78 is 22.7. The first-order valence-electron chi connectivity index (χ1n) is 22.4. The van der Waals surface area contributed by atoms with Crippen LogP contribution in [0.15, 0.2) is 12.2 Å². The number of hydrogen-bond donors (Lipinski definition) is 1. The molecule has 0 aromatic carbocycles. The molecule has 0 saturated carbocycles. The Labute approximate surface area is 332 Å². The molecular formula is C45H86NO8+. The number of allylic oxidation sites excluding steroid dienone is 2. The van der Waals surface area contributed by atoms with Gasteiger partial charge in [0.2, 0.25) is 0 Å². The van der Waals surface area contributed by atoms with Crippen molar-refractivity contribution < 1.29 is 42.9 Å². The average molecular weight is 769 g/mol. The minimum absolute atomic E-state index is 0.180. The number of esters is 2. The van der Waals surface area contributed by atoms with Gasteiger partial charge in [0.05, 0.1) is 34.4 Å². The Hall–Kier alpha value is -1.97. The number of carboxylic acid groups (broad SMARTS) is 1. The van der Waals surface area contributed by atoms with Crippen molar-refractivity contribution in [2.24, 2.45) is 0 Å². The molecule has 318 valence electrons. The molecule has 0 aromatic heterocycles. The smallest absolute Gasteiger partial charge is 0.361 e. The van der Waals surface area contributed by atoms with Crippen LogP contribution in [0, 0.1) is 0 Å². The van der Waals surface area contributed by atoms with Crippen LogP contribution in [-0.2, 0) is 33.3 Å². The first-order chi connectivity index (χ1) is 26.1. The number of likely N-dealkylation sites (N-methyl/N-ethyl adjacent to an activating group) is 1. The van der Waals surface area contributed by atoms with E-state index in [1.165, 1.54) is 109 Å². The average Bonchev–Trinajstić information content (AvgIpc) is 3.12. The molecule has 0 aliphatic heterocycles. The Bertz CT molecular complexity index is 903. The summed E-state index contributed by atoms with van der Waals surface area (Å²) in [5.41, 5.74) is 0. The summed E-state index contributed by atoms with van der Waals surface area (Å²) in [6, 6.07) is 0. The number of aliphatic carboxylic acids is 1. The van der Waals surface area contributed by atoms with Crippen LogP contribution in [0.25, 0.3) is 0 Å². The standard InChI is InChI=1S/C45H85NO8/c1-6-8-10-12-14-16-18-19-20-21-22-23-24-25-26-28-29-31-33-35-42(47)52-39-41(40-53-45(44(49)50)51-38-37-46(3,4)5)54-43(48)36-34-32-30-27-17-15-13-11-9-7-2/h11,13,41,45H,6-10,12,14-40H2,1-5H3/p+1/b13-11-. The highest BCUT2D eigenvalue weighted by atomic mass is 16.7. The van der Waals surface area contributed by atoms with Gasteiger partial charge in [0.25, 0.3) is 6.29 Å². The van der Waals surface area contributed by atoms with Crippen molar-refractivity contribution >= 4 is 17.9 Å². The van der Waals surface area contributed by atoms with Gasteiger partial charge in [0.1, 0.15) is 13.2 Å². The number of hydrogen-bond acceptors (Lipinski definition) is 7. The number of unbranched alkanes of at least 4 members (excludes halogenated alkanes) is 24. The highest BCUT2D eigenvalue weighted by Gasteiger charge is 2.25. The Morgan fingerprint density at radius 1 is 0.537 bits per heavy atom. The molecule has 0 aliphatic rings. The maximum absolute atomic E-state index is 12.7. The summed E-state index contributed by atoms with van der Waals surface area (Å²) >= 11 is 0. The van der Waals surface area contributed by atoms with Gasteiger partial charge in [-0.05, 0) is 32.1 Å². The molecule has 0 fully saturated rings. The molecule has 1 N–H and O–H groups in total. The molecule has 9 nitrogen and oxygen atoms in total. The van der Waals surface area contributed by atoms with Crippen molar-refractivity contribution in [2.75, 3.05) is 47.5 Å². The van der Waals surface area contributed by atoms with Gasteiger partial charge in [-0.2, -0.15) is 0 Å². The topological polar surface area (TPSA) is 108 Å². The van der Waals surface area contributed by atoms with E-state index in [1.54, 1.807) is 0 Å². The van der Waals surface area contributed by atoms with Gasteiger partial charge in [-0.1, -0.05) is 167 Å². The van der Waals surface area contributed by atoms with Crippen molar-refractivity contribution in [1.82, 2.24) is 0 Å². The van der Waals surface area contributed by atoms with Crippen molar-refractivity contribution in [3.05, 3.63) is 12.2 Å². The zero-order valence-electron chi connectivity index (χ0n) is 35.9. The van der Waals surface area contributed by atoms with Crippen molar-refractivity contribution in [2.45, 2.75) is 212 Å². The first-order valence-corrected chi connectivity index (χ1v) is 22.4. The number of carbonyl (C=O) groups is 3.